The Hall–Kier alpha value is -1.42. The molecule has 4 nitrogen and oxygen atoms in total. The SMILES string of the molecule is Cc1ccc(CN(C)CC(C)C(=O)O)cn1. The van der Waals surface area contributed by atoms with E-state index in [1.807, 2.05) is 37.2 Å². The van der Waals surface area contributed by atoms with Crippen molar-refractivity contribution < 1.29 is 9.90 Å². The fraction of sp³-hybridized carbons (Fsp3) is 0.500. The molecule has 0 aromatic carbocycles. The molecule has 0 fully saturated rings. The molecule has 16 heavy (non-hydrogen) atoms. The highest BCUT2D eigenvalue weighted by Crippen LogP contribution is 2.05. The zero-order chi connectivity index (χ0) is 12.1. The van der Waals surface area contributed by atoms with Crippen molar-refractivity contribution in [3.05, 3.63) is 29.6 Å². The Balaban J connectivity index is 2.48. The Morgan fingerprint density at radius 2 is 2.25 bits per heavy atom. The summed E-state index contributed by atoms with van der Waals surface area (Å²) in [7, 11) is 1.92. The summed E-state index contributed by atoms with van der Waals surface area (Å²) in [5.74, 6) is -1.10. The average molecular weight is 222 g/mol. The third-order valence-electron chi connectivity index (χ3n) is 2.43. The molecular formula is C12H18N2O2. The van der Waals surface area contributed by atoms with Crippen LogP contribution in [0.2, 0.25) is 0 Å². The minimum atomic E-state index is -0.756. The predicted octanol–water partition coefficient (Wildman–Crippen LogP) is 1.54. The van der Waals surface area contributed by atoms with E-state index in [0.29, 0.717) is 6.54 Å². The number of rotatable bonds is 5. The first-order chi connectivity index (χ1) is 7.49. The minimum Gasteiger partial charge on any atom is -0.481 e. The Morgan fingerprint density at radius 3 is 2.75 bits per heavy atom. The van der Waals surface area contributed by atoms with Crippen molar-refractivity contribution in [3.8, 4) is 0 Å². The molecule has 0 bridgehead atoms. The number of carboxylic acids is 1. The van der Waals surface area contributed by atoms with E-state index < -0.39 is 5.97 Å². The molecule has 0 aliphatic carbocycles. The molecule has 0 spiro atoms. The Labute approximate surface area is 95.9 Å². The van der Waals surface area contributed by atoms with E-state index in [1.54, 1.807) is 6.92 Å². The van der Waals surface area contributed by atoms with Crippen molar-refractivity contribution in [1.82, 2.24) is 9.88 Å². The lowest BCUT2D eigenvalue weighted by atomic mass is 10.1. The third-order valence-corrected chi connectivity index (χ3v) is 2.43. The summed E-state index contributed by atoms with van der Waals surface area (Å²) in [5.41, 5.74) is 2.09. The van der Waals surface area contributed by atoms with Crippen LogP contribution in [0.3, 0.4) is 0 Å². The van der Waals surface area contributed by atoms with Gasteiger partial charge in [0.25, 0.3) is 0 Å². The Kier molecular flexibility index (Phi) is 4.43. The molecule has 1 aromatic heterocycles. The molecule has 1 N–H and O–H groups in total. The summed E-state index contributed by atoms with van der Waals surface area (Å²) in [6, 6.07) is 3.98. The fourth-order valence-corrected chi connectivity index (χ4v) is 1.51. The maximum Gasteiger partial charge on any atom is 0.307 e. The van der Waals surface area contributed by atoms with Crippen molar-refractivity contribution >= 4 is 5.97 Å². The van der Waals surface area contributed by atoms with E-state index in [1.165, 1.54) is 0 Å². The predicted molar refractivity (Wildman–Crippen MR) is 62.1 cm³/mol. The maximum atomic E-state index is 10.7. The first-order valence-electron chi connectivity index (χ1n) is 5.32. The number of nitrogens with zero attached hydrogens (tertiary/aromatic N) is 2. The van der Waals surface area contributed by atoms with Crippen LogP contribution in [0.4, 0.5) is 0 Å². The van der Waals surface area contributed by atoms with Crippen LogP contribution >= 0.6 is 0 Å². The highest BCUT2D eigenvalue weighted by atomic mass is 16.4. The average Bonchev–Trinajstić information content (AvgIpc) is 2.21. The minimum absolute atomic E-state index is 0.344. The second kappa shape index (κ2) is 5.61. The summed E-state index contributed by atoms with van der Waals surface area (Å²) < 4.78 is 0. The van der Waals surface area contributed by atoms with Crippen molar-refractivity contribution in [2.75, 3.05) is 13.6 Å². The van der Waals surface area contributed by atoms with Gasteiger partial charge in [0.15, 0.2) is 0 Å². The molecule has 1 rings (SSSR count). The molecule has 1 atom stereocenters. The van der Waals surface area contributed by atoms with Gasteiger partial charge in [-0.25, -0.2) is 0 Å². The van der Waals surface area contributed by atoms with Gasteiger partial charge < -0.3 is 10.0 Å². The molecule has 1 unspecified atom stereocenters. The van der Waals surface area contributed by atoms with E-state index >= 15 is 0 Å². The first kappa shape index (κ1) is 12.6. The maximum absolute atomic E-state index is 10.7. The molecule has 0 radical (unpaired) electrons. The van der Waals surface area contributed by atoms with Crippen LogP contribution in [0.25, 0.3) is 0 Å². The normalized spacial score (nSPS) is 12.8. The van der Waals surface area contributed by atoms with Gasteiger partial charge in [0.2, 0.25) is 0 Å². The van der Waals surface area contributed by atoms with Crippen LogP contribution in [-0.2, 0) is 11.3 Å². The lowest BCUT2D eigenvalue weighted by molar-refractivity contribution is -0.141. The van der Waals surface area contributed by atoms with E-state index in [9.17, 15) is 4.79 Å². The number of aromatic nitrogens is 1. The van der Waals surface area contributed by atoms with Crippen LogP contribution in [0.1, 0.15) is 18.2 Å². The Bertz CT molecular complexity index is 349. The molecule has 0 saturated heterocycles. The van der Waals surface area contributed by atoms with Crippen molar-refractivity contribution in [2.24, 2.45) is 5.92 Å². The van der Waals surface area contributed by atoms with Gasteiger partial charge in [-0.1, -0.05) is 13.0 Å². The zero-order valence-electron chi connectivity index (χ0n) is 9.97. The second-order valence-corrected chi connectivity index (χ2v) is 4.24. The van der Waals surface area contributed by atoms with Crippen molar-refractivity contribution in [2.45, 2.75) is 20.4 Å². The monoisotopic (exact) mass is 222 g/mol. The van der Waals surface area contributed by atoms with E-state index in [4.69, 9.17) is 5.11 Å². The molecule has 0 saturated carbocycles. The number of carboxylic acid groups (broad SMARTS) is 1. The van der Waals surface area contributed by atoms with Gasteiger partial charge in [0.05, 0.1) is 5.92 Å². The van der Waals surface area contributed by atoms with Crippen LogP contribution < -0.4 is 0 Å². The van der Waals surface area contributed by atoms with Gasteiger partial charge in [-0.3, -0.25) is 9.78 Å². The lowest BCUT2D eigenvalue weighted by Gasteiger charge is -2.18. The van der Waals surface area contributed by atoms with Crippen LogP contribution in [-0.4, -0.2) is 34.6 Å². The first-order valence-corrected chi connectivity index (χ1v) is 5.32. The molecule has 88 valence electrons. The second-order valence-electron chi connectivity index (χ2n) is 4.24. The molecule has 0 aliphatic heterocycles. The summed E-state index contributed by atoms with van der Waals surface area (Å²) >= 11 is 0. The number of aliphatic carboxylic acids is 1. The Morgan fingerprint density at radius 1 is 1.56 bits per heavy atom. The summed E-state index contributed by atoms with van der Waals surface area (Å²) in [6.45, 7) is 4.93. The van der Waals surface area contributed by atoms with Crippen LogP contribution in [0.15, 0.2) is 18.3 Å². The van der Waals surface area contributed by atoms with Gasteiger partial charge >= 0.3 is 5.97 Å². The summed E-state index contributed by atoms with van der Waals surface area (Å²) in [4.78, 5) is 16.9. The molecule has 1 heterocycles. The number of carbonyl (C=O) groups is 1. The number of hydrogen-bond acceptors (Lipinski definition) is 3. The summed E-state index contributed by atoms with van der Waals surface area (Å²) in [5, 5.41) is 8.79. The van der Waals surface area contributed by atoms with Gasteiger partial charge in [-0.2, -0.15) is 0 Å². The standard InChI is InChI=1S/C12H18N2O2/c1-9(12(15)16)7-14(3)8-11-5-4-10(2)13-6-11/h4-6,9H,7-8H2,1-3H3,(H,15,16). The smallest absolute Gasteiger partial charge is 0.307 e. The van der Waals surface area contributed by atoms with Crippen molar-refractivity contribution in [1.29, 1.82) is 0 Å². The van der Waals surface area contributed by atoms with Gasteiger partial charge in [0, 0.05) is 25.0 Å². The number of aryl methyl sites for hydroxylation is 1. The largest absolute Gasteiger partial charge is 0.481 e. The lowest BCUT2D eigenvalue weighted by Crippen LogP contribution is -2.28. The topological polar surface area (TPSA) is 53.4 Å². The van der Waals surface area contributed by atoms with Gasteiger partial charge in [-0.05, 0) is 25.6 Å². The molecule has 4 heteroatoms. The molecule has 0 amide bonds. The van der Waals surface area contributed by atoms with Crippen molar-refractivity contribution in [3.63, 3.8) is 0 Å². The summed E-state index contributed by atoms with van der Waals surface area (Å²) in [6.07, 6.45) is 1.83. The van der Waals surface area contributed by atoms with E-state index in [2.05, 4.69) is 4.98 Å². The van der Waals surface area contributed by atoms with Crippen LogP contribution in [0, 0.1) is 12.8 Å². The number of hydrogen-bond donors (Lipinski definition) is 1. The quantitative estimate of drug-likeness (QED) is 0.821. The highest BCUT2D eigenvalue weighted by molar-refractivity contribution is 5.69. The van der Waals surface area contributed by atoms with Gasteiger partial charge in [0.1, 0.15) is 0 Å². The third kappa shape index (κ3) is 3.98. The molecular weight excluding hydrogens is 204 g/mol. The fourth-order valence-electron chi connectivity index (χ4n) is 1.51. The number of pyridine rings is 1. The zero-order valence-corrected chi connectivity index (χ0v) is 9.97. The highest BCUT2D eigenvalue weighted by Gasteiger charge is 2.13. The molecule has 1 aromatic rings. The molecule has 0 aliphatic rings. The van der Waals surface area contributed by atoms with Gasteiger partial charge in [-0.15, -0.1) is 0 Å². The van der Waals surface area contributed by atoms with E-state index in [0.717, 1.165) is 17.8 Å². The van der Waals surface area contributed by atoms with E-state index in [-0.39, 0.29) is 5.92 Å². The van der Waals surface area contributed by atoms with Crippen LogP contribution in [0.5, 0.6) is 0 Å².